The van der Waals surface area contributed by atoms with Gasteiger partial charge in [0, 0.05) is 6.54 Å². The first-order valence-electron chi connectivity index (χ1n) is 6.55. The van der Waals surface area contributed by atoms with Gasteiger partial charge in [-0.1, -0.05) is 48.6 Å². The average molecular weight is 269 g/mol. The normalized spacial score (nSPS) is 10.7. The van der Waals surface area contributed by atoms with Crippen LogP contribution in [0.4, 0.5) is 0 Å². The Labute approximate surface area is 119 Å². The van der Waals surface area contributed by atoms with Gasteiger partial charge < -0.3 is 15.2 Å². The molecule has 104 valence electrons. The van der Waals surface area contributed by atoms with Gasteiger partial charge in [0.2, 0.25) is 0 Å². The van der Waals surface area contributed by atoms with Crippen molar-refractivity contribution in [2.75, 3.05) is 13.7 Å². The minimum atomic E-state index is 0.522. The second-order valence-electron chi connectivity index (χ2n) is 4.32. The highest BCUT2D eigenvalue weighted by Gasteiger charge is 2.05. The summed E-state index contributed by atoms with van der Waals surface area (Å²) in [5.74, 6) is 1.46. The van der Waals surface area contributed by atoms with Gasteiger partial charge in [-0.3, -0.25) is 0 Å². The van der Waals surface area contributed by atoms with Crippen LogP contribution in [0.2, 0.25) is 0 Å². The summed E-state index contributed by atoms with van der Waals surface area (Å²) in [7, 11) is 1.64. The quantitative estimate of drug-likeness (QED) is 0.875. The molecule has 0 unspecified atom stereocenters. The molecule has 3 nitrogen and oxygen atoms in total. The first-order chi connectivity index (χ1) is 9.83. The molecule has 0 heterocycles. The summed E-state index contributed by atoms with van der Waals surface area (Å²) < 4.78 is 11.2. The predicted molar refractivity (Wildman–Crippen MR) is 81.9 cm³/mol. The molecule has 20 heavy (non-hydrogen) atoms. The van der Waals surface area contributed by atoms with Gasteiger partial charge in [-0.15, -0.1) is 0 Å². The Hall–Kier alpha value is -2.26. The maximum Gasteiger partial charge on any atom is 0.161 e. The van der Waals surface area contributed by atoms with E-state index in [1.165, 1.54) is 0 Å². The minimum Gasteiger partial charge on any atom is -0.493 e. The van der Waals surface area contributed by atoms with E-state index < -0.39 is 0 Å². The van der Waals surface area contributed by atoms with Crippen LogP contribution < -0.4 is 15.2 Å². The van der Waals surface area contributed by atoms with E-state index in [0.717, 1.165) is 22.6 Å². The lowest BCUT2D eigenvalue weighted by Gasteiger charge is -2.11. The van der Waals surface area contributed by atoms with Crippen LogP contribution in [0.15, 0.2) is 54.6 Å². The highest BCUT2D eigenvalue weighted by atomic mass is 16.5. The SMILES string of the molecule is COc1cc(C=CCN)ccc1OCc1ccccc1. The van der Waals surface area contributed by atoms with Crippen molar-refractivity contribution in [3.05, 3.63) is 65.7 Å². The summed E-state index contributed by atoms with van der Waals surface area (Å²) >= 11 is 0. The summed E-state index contributed by atoms with van der Waals surface area (Å²) in [5.41, 5.74) is 7.61. The van der Waals surface area contributed by atoms with Gasteiger partial charge in [-0.05, 0) is 23.3 Å². The molecule has 0 aliphatic carbocycles. The van der Waals surface area contributed by atoms with E-state index in [2.05, 4.69) is 0 Å². The molecule has 0 aliphatic heterocycles. The third-order valence-corrected chi connectivity index (χ3v) is 2.87. The number of nitrogens with two attached hydrogens (primary N) is 1. The van der Waals surface area contributed by atoms with E-state index in [9.17, 15) is 0 Å². The number of hydrogen-bond acceptors (Lipinski definition) is 3. The van der Waals surface area contributed by atoms with E-state index in [4.69, 9.17) is 15.2 Å². The second-order valence-corrected chi connectivity index (χ2v) is 4.32. The van der Waals surface area contributed by atoms with Gasteiger partial charge in [0.15, 0.2) is 11.5 Å². The Bertz CT molecular complexity index is 564. The van der Waals surface area contributed by atoms with Crippen LogP contribution in [-0.4, -0.2) is 13.7 Å². The van der Waals surface area contributed by atoms with Gasteiger partial charge in [0.1, 0.15) is 6.61 Å². The molecule has 0 aromatic heterocycles. The van der Waals surface area contributed by atoms with Crippen LogP contribution in [0, 0.1) is 0 Å². The van der Waals surface area contributed by atoms with E-state index in [-0.39, 0.29) is 0 Å². The molecule has 0 aliphatic rings. The molecule has 0 radical (unpaired) electrons. The van der Waals surface area contributed by atoms with E-state index >= 15 is 0 Å². The van der Waals surface area contributed by atoms with Gasteiger partial charge in [-0.25, -0.2) is 0 Å². The monoisotopic (exact) mass is 269 g/mol. The van der Waals surface area contributed by atoms with Crippen LogP contribution >= 0.6 is 0 Å². The van der Waals surface area contributed by atoms with Crippen molar-refractivity contribution >= 4 is 6.08 Å². The lowest BCUT2D eigenvalue weighted by atomic mass is 10.2. The maximum absolute atomic E-state index is 5.80. The Morgan fingerprint density at radius 3 is 2.55 bits per heavy atom. The largest absolute Gasteiger partial charge is 0.493 e. The van der Waals surface area contributed by atoms with Crippen LogP contribution in [0.3, 0.4) is 0 Å². The molecule has 0 fully saturated rings. The van der Waals surface area contributed by atoms with E-state index in [1.807, 2.05) is 60.7 Å². The number of benzene rings is 2. The first kappa shape index (κ1) is 14.2. The van der Waals surface area contributed by atoms with Crippen LogP contribution in [0.25, 0.3) is 6.08 Å². The predicted octanol–water partition coefficient (Wildman–Crippen LogP) is 3.25. The van der Waals surface area contributed by atoms with Crippen molar-refractivity contribution in [2.24, 2.45) is 5.73 Å². The van der Waals surface area contributed by atoms with Crippen molar-refractivity contribution in [1.82, 2.24) is 0 Å². The summed E-state index contributed by atoms with van der Waals surface area (Å²) in [6, 6.07) is 15.9. The first-order valence-corrected chi connectivity index (χ1v) is 6.55. The fourth-order valence-corrected chi connectivity index (χ4v) is 1.85. The average Bonchev–Trinajstić information content (AvgIpc) is 2.52. The molecule has 2 N–H and O–H groups in total. The lowest BCUT2D eigenvalue weighted by Crippen LogP contribution is -1.98. The zero-order chi connectivity index (χ0) is 14.2. The molecule has 0 saturated carbocycles. The Morgan fingerprint density at radius 1 is 1.05 bits per heavy atom. The maximum atomic E-state index is 5.80. The lowest BCUT2D eigenvalue weighted by molar-refractivity contribution is 0.284. The molecule has 3 heteroatoms. The number of rotatable bonds is 6. The fraction of sp³-hybridized carbons (Fsp3) is 0.176. The zero-order valence-corrected chi connectivity index (χ0v) is 11.6. The zero-order valence-electron chi connectivity index (χ0n) is 11.6. The molecular formula is C17H19NO2. The molecule has 2 aromatic carbocycles. The minimum absolute atomic E-state index is 0.522. The van der Waals surface area contributed by atoms with Gasteiger partial charge >= 0.3 is 0 Å². The third-order valence-electron chi connectivity index (χ3n) is 2.87. The standard InChI is InChI=1S/C17H19NO2/c1-19-17-12-14(8-5-11-18)9-10-16(17)20-13-15-6-3-2-4-7-15/h2-10,12H,11,13,18H2,1H3. The van der Waals surface area contributed by atoms with Crippen molar-refractivity contribution in [2.45, 2.75) is 6.61 Å². The molecule has 0 saturated heterocycles. The van der Waals surface area contributed by atoms with Crippen molar-refractivity contribution in [3.63, 3.8) is 0 Å². The highest BCUT2D eigenvalue weighted by molar-refractivity contribution is 5.56. The smallest absolute Gasteiger partial charge is 0.161 e. The van der Waals surface area contributed by atoms with Gasteiger partial charge in [0.25, 0.3) is 0 Å². The second kappa shape index (κ2) is 7.36. The van der Waals surface area contributed by atoms with Crippen molar-refractivity contribution in [3.8, 4) is 11.5 Å². The summed E-state index contributed by atoms with van der Waals surface area (Å²) in [5, 5.41) is 0. The third kappa shape index (κ3) is 3.87. The fourth-order valence-electron chi connectivity index (χ4n) is 1.85. The summed E-state index contributed by atoms with van der Waals surface area (Å²) in [6.45, 7) is 1.05. The van der Waals surface area contributed by atoms with Gasteiger partial charge in [-0.2, -0.15) is 0 Å². The molecule has 0 bridgehead atoms. The van der Waals surface area contributed by atoms with Gasteiger partial charge in [0.05, 0.1) is 7.11 Å². The Kier molecular flexibility index (Phi) is 5.21. The molecule has 0 atom stereocenters. The number of hydrogen-bond donors (Lipinski definition) is 1. The van der Waals surface area contributed by atoms with Crippen molar-refractivity contribution in [1.29, 1.82) is 0 Å². The molecule has 2 rings (SSSR count). The number of ether oxygens (including phenoxy) is 2. The summed E-state index contributed by atoms with van der Waals surface area (Å²) in [4.78, 5) is 0. The molecular weight excluding hydrogens is 250 g/mol. The van der Waals surface area contributed by atoms with E-state index in [1.54, 1.807) is 7.11 Å². The van der Waals surface area contributed by atoms with E-state index in [0.29, 0.717) is 13.2 Å². The Morgan fingerprint density at radius 2 is 1.85 bits per heavy atom. The topological polar surface area (TPSA) is 44.5 Å². The van der Waals surface area contributed by atoms with Crippen LogP contribution in [-0.2, 0) is 6.61 Å². The van der Waals surface area contributed by atoms with Crippen LogP contribution in [0.5, 0.6) is 11.5 Å². The number of methoxy groups -OCH3 is 1. The Balaban J connectivity index is 2.09. The molecule has 0 amide bonds. The molecule has 2 aromatic rings. The van der Waals surface area contributed by atoms with Crippen molar-refractivity contribution < 1.29 is 9.47 Å². The molecule has 0 spiro atoms. The summed E-state index contributed by atoms with van der Waals surface area (Å²) in [6.07, 6.45) is 3.86. The van der Waals surface area contributed by atoms with Crippen LogP contribution in [0.1, 0.15) is 11.1 Å². The highest BCUT2D eigenvalue weighted by Crippen LogP contribution is 2.29.